The Hall–Kier alpha value is -3.26. The topological polar surface area (TPSA) is 78.3 Å². The van der Waals surface area contributed by atoms with Gasteiger partial charge in [-0.1, -0.05) is 59.1 Å². The predicted molar refractivity (Wildman–Crippen MR) is 130 cm³/mol. The average Bonchev–Trinajstić information content (AvgIpc) is 3.46. The van der Waals surface area contributed by atoms with Crippen molar-refractivity contribution in [2.75, 3.05) is 6.79 Å². The molecule has 0 unspecified atom stereocenters. The number of fused-ring (bicyclic) bond motifs is 1. The number of halogens is 3. The van der Waals surface area contributed by atoms with Crippen molar-refractivity contribution in [3.05, 3.63) is 81.3 Å². The minimum atomic E-state index is -0.261. The molecule has 0 radical (unpaired) electrons. The normalized spacial score (nSPS) is 12.1. The van der Waals surface area contributed by atoms with Gasteiger partial charge in [-0.3, -0.25) is 4.79 Å². The van der Waals surface area contributed by atoms with Gasteiger partial charge in [-0.2, -0.15) is 15.0 Å². The molecule has 0 bridgehead atoms. The van der Waals surface area contributed by atoms with E-state index in [9.17, 15) is 4.79 Å². The van der Waals surface area contributed by atoms with Crippen LogP contribution in [-0.4, -0.2) is 27.7 Å². The van der Waals surface area contributed by atoms with E-state index in [0.717, 1.165) is 11.1 Å². The van der Waals surface area contributed by atoms with Crippen LogP contribution in [0.3, 0.4) is 0 Å². The monoisotopic (exact) mass is 514 g/mol. The van der Waals surface area contributed by atoms with Gasteiger partial charge in [0.05, 0.1) is 5.02 Å². The highest BCUT2D eigenvalue weighted by molar-refractivity contribution is 6.36. The van der Waals surface area contributed by atoms with Crippen LogP contribution in [0.5, 0.6) is 11.5 Å². The molecule has 0 aliphatic carbocycles. The van der Waals surface area contributed by atoms with E-state index >= 15 is 0 Å². The summed E-state index contributed by atoms with van der Waals surface area (Å²) in [6.07, 6.45) is 0. The Bertz CT molecular complexity index is 1370. The third-order valence-corrected chi connectivity index (χ3v) is 6.00. The van der Waals surface area contributed by atoms with Gasteiger partial charge in [0.1, 0.15) is 17.9 Å². The number of nitrogens with one attached hydrogen (secondary N) is 1. The Kier molecular flexibility index (Phi) is 6.32. The third-order valence-electron chi connectivity index (χ3n) is 5.20. The highest BCUT2D eigenvalue weighted by Crippen LogP contribution is 2.36. The minimum absolute atomic E-state index is 0.0851. The number of carbonyl (C=O) groups is 1. The van der Waals surface area contributed by atoms with Crippen LogP contribution in [0.25, 0.3) is 22.5 Å². The van der Waals surface area contributed by atoms with Crippen molar-refractivity contribution >= 4 is 40.7 Å². The Morgan fingerprint density at radius 3 is 2.50 bits per heavy atom. The summed E-state index contributed by atoms with van der Waals surface area (Å²) in [5.74, 6) is 1.05. The smallest absolute Gasteiger partial charge is 0.243 e. The molecule has 0 saturated heterocycles. The van der Waals surface area contributed by atoms with Gasteiger partial charge in [-0.25, -0.2) is 0 Å². The van der Waals surface area contributed by atoms with Gasteiger partial charge in [-0.05, 0) is 36.4 Å². The lowest BCUT2D eigenvalue weighted by molar-refractivity contribution is -0.122. The fraction of sp³-hybridized carbons (Fsp3) is 0.125. The van der Waals surface area contributed by atoms with Crippen molar-refractivity contribution < 1.29 is 14.3 Å². The van der Waals surface area contributed by atoms with Crippen LogP contribution in [0, 0.1) is 0 Å². The van der Waals surface area contributed by atoms with Gasteiger partial charge >= 0.3 is 0 Å². The lowest BCUT2D eigenvalue weighted by Gasteiger charge is -2.07. The Morgan fingerprint density at radius 1 is 0.941 bits per heavy atom. The van der Waals surface area contributed by atoms with Gasteiger partial charge < -0.3 is 14.8 Å². The first-order valence-corrected chi connectivity index (χ1v) is 11.4. The molecule has 1 amide bonds. The van der Waals surface area contributed by atoms with Crippen molar-refractivity contribution in [2.24, 2.45) is 0 Å². The molecule has 5 rings (SSSR count). The van der Waals surface area contributed by atoms with E-state index in [1.54, 1.807) is 30.3 Å². The van der Waals surface area contributed by atoms with E-state index in [4.69, 9.17) is 44.3 Å². The van der Waals surface area contributed by atoms with Crippen molar-refractivity contribution in [3.8, 4) is 34.0 Å². The molecule has 34 heavy (non-hydrogen) atoms. The molecule has 1 N–H and O–H groups in total. The van der Waals surface area contributed by atoms with Crippen LogP contribution >= 0.6 is 34.8 Å². The molecule has 0 fully saturated rings. The average molecular weight is 516 g/mol. The first-order chi connectivity index (χ1) is 16.5. The van der Waals surface area contributed by atoms with Gasteiger partial charge in [0.25, 0.3) is 0 Å². The highest BCUT2D eigenvalue weighted by atomic mass is 35.5. The summed E-state index contributed by atoms with van der Waals surface area (Å²) in [5, 5.41) is 13.5. The van der Waals surface area contributed by atoms with Crippen molar-refractivity contribution in [1.29, 1.82) is 0 Å². The number of para-hydroxylation sites is 1. The Labute approximate surface area is 210 Å². The Morgan fingerprint density at radius 2 is 1.71 bits per heavy atom. The molecule has 2 heterocycles. The first-order valence-electron chi connectivity index (χ1n) is 10.3. The zero-order chi connectivity index (χ0) is 23.7. The summed E-state index contributed by atoms with van der Waals surface area (Å²) in [7, 11) is 0. The lowest BCUT2D eigenvalue weighted by Crippen LogP contribution is -2.28. The number of aromatic nitrogens is 3. The summed E-state index contributed by atoms with van der Waals surface area (Å²) in [6.45, 7) is 0.367. The van der Waals surface area contributed by atoms with E-state index in [1.165, 1.54) is 4.80 Å². The molecule has 3 aromatic carbocycles. The molecule has 0 atom stereocenters. The number of ether oxygens (including phenoxy) is 2. The molecule has 0 saturated carbocycles. The number of hydrogen-bond donors (Lipinski definition) is 1. The predicted octanol–water partition coefficient (Wildman–Crippen LogP) is 5.62. The highest BCUT2D eigenvalue weighted by Gasteiger charge is 2.20. The summed E-state index contributed by atoms with van der Waals surface area (Å²) >= 11 is 18.6. The number of carbonyl (C=O) groups excluding carboxylic acids is 1. The maximum atomic E-state index is 12.7. The van der Waals surface area contributed by atoms with Crippen molar-refractivity contribution in [1.82, 2.24) is 20.3 Å². The summed E-state index contributed by atoms with van der Waals surface area (Å²) in [5.41, 5.74) is 3.37. The van der Waals surface area contributed by atoms with Crippen LogP contribution in [0.2, 0.25) is 15.1 Å². The van der Waals surface area contributed by atoms with E-state index in [0.29, 0.717) is 43.5 Å². The SMILES string of the molecule is O=C(Cn1nc(-c2ccc(Cl)cc2)c(-c2ccc(Cl)cc2Cl)n1)NCc1cccc2c1OCO2. The van der Waals surface area contributed by atoms with Crippen molar-refractivity contribution in [3.63, 3.8) is 0 Å². The molecule has 10 heteroatoms. The second-order valence-electron chi connectivity index (χ2n) is 7.49. The van der Waals surface area contributed by atoms with Gasteiger partial charge in [-0.15, -0.1) is 0 Å². The molecule has 7 nitrogen and oxygen atoms in total. The zero-order valence-electron chi connectivity index (χ0n) is 17.6. The molecule has 1 aliphatic heterocycles. The molecule has 1 aromatic heterocycles. The van der Waals surface area contributed by atoms with E-state index in [1.807, 2.05) is 30.3 Å². The summed E-state index contributed by atoms with van der Waals surface area (Å²) < 4.78 is 10.9. The second kappa shape index (κ2) is 9.54. The van der Waals surface area contributed by atoms with Crippen LogP contribution in [0.4, 0.5) is 0 Å². The Balaban J connectivity index is 1.40. The fourth-order valence-electron chi connectivity index (χ4n) is 3.59. The van der Waals surface area contributed by atoms with Crippen LogP contribution in [0.15, 0.2) is 60.7 Å². The molecule has 0 spiro atoms. The van der Waals surface area contributed by atoms with Crippen LogP contribution in [-0.2, 0) is 17.9 Å². The van der Waals surface area contributed by atoms with Crippen molar-refractivity contribution in [2.45, 2.75) is 13.1 Å². The van der Waals surface area contributed by atoms with E-state index < -0.39 is 0 Å². The first kappa shape index (κ1) is 22.5. The second-order valence-corrected chi connectivity index (χ2v) is 8.77. The summed E-state index contributed by atoms with van der Waals surface area (Å²) in [6, 6.07) is 17.9. The maximum Gasteiger partial charge on any atom is 0.243 e. The molecular formula is C24H17Cl3N4O3. The molecule has 4 aromatic rings. The number of hydrogen-bond acceptors (Lipinski definition) is 5. The molecular weight excluding hydrogens is 499 g/mol. The number of benzene rings is 3. The number of nitrogens with zero attached hydrogens (tertiary/aromatic N) is 3. The van der Waals surface area contributed by atoms with E-state index in [2.05, 4.69) is 15.5 Å². The minimum Gasteiger partial charge on any atom is -0.454 e. The van der Waals surface area contributed by atoms with Crippen LogP contribution in [0.1, 0.15) is 5.56 Å². The molecule has 1 aliphatic rings. The van der Waals surface area contributed by atoms with Crippen LogP contribution < -0.4 is 14.8 Å². The quantitative estimate of drug-likeness (QED) is 0.361. The lowest BCUT2D eigenvalue weighted by atomic mass is 10.1. The summed E-state index contributed by atoms with van der Waals surface area (Å²) in [4.78, 5) is 14.0. The largest absolute Gasteiger partial charge is 0.454 e. The standard InChI is InChI=1S/C24H17Cl3N4O3/c25-16-6-4-14(5-7-16)22-23(18-9-8-17(26)10-19(18)27)30-31(29-22)12-21(32)28-11-15-2-1-3-20-24(15)34-13-33-20/h1-10H,11-13H2,(H,28,32). The van der Waals surface area contributed by atoms with Gasteiger partial charge in [0.2, 0.25) is 12.7 Å². The maximum absolute atomic E-state index is 12.7. The number of amides is 1. The van der Waals surface area contributed by atoms with Gasteiger partial charge in [0, 0.05) is 33.3 Å². The van der Waals surface area contributed by atoms with E-state index in [-0.39, 0.29) is 25.8 Å². The zero-order valence-corrected chi connectivity index (χ0v) is 19.9. The fourth-order valence-corrected chi connectivity index (χ4v) is 4.22. The van der Waals surface area contributed by atoms with Gasteiger partial charge in [0.15, 0.2) is 11.5 Å². The molecule has 172 valence electrons. The number of rotatable bonds is 6. The third kappa shape index (κ3) is 4.68.